The van der Waals surface area contributed by atoms with Gasteiger partial charge in [-0.25, -0.2) is 4.39 Å². The molecule has 0 aromatic heterocycles. The predicted octanol–water partition coefficient (Wildman–Crippen LogP) is 3.11. The summed E-state index contributed by atoms with van der Waals surface area (Å²) in [6.07, 6.45) is 4.40. The molecule has 0 saturated carbocycles. The maximum absolute atomic E-state index is 13.6. The Morgan fingerprint density at radius 1 is 1.32 bits per heavy atom. The molecule has 1 aromatic rings. The average molecular weight is 371 g/mol. The van der Waals surface area contributed by atoms with Crippen molar-refractivity contribution in [2.45, 2.75) is 32.1 Å². The molecule has 2 rings (SSSR count). The first-order valence-electron chi connectivity index (χ1n) is 7.59. The van der Waals surface area contributed by atoms with Gasteiger partial charge in [-0.15, -0.1) is 0 Å². The maximum Gasteiger partial charge on any atom is 0.254 e. The second-order valence-electron chi connectivity index (χ2n) is 5.43. The Morgan fingerprint density at radius 2 is 2.14 bits per heavy atom. The van der Waals surface area contributed by atoms with E-state index in [1.165, 1.54) is 12.1 Å². The molecule has 1 heterocycles. The second-order valence-corrected chi connectivity index (χ2v) is 6.34. The van der Waals surface area contributed by atoms with E-state index in [9.17, 15) is 14.0 Å². The number of carbonyl (C=O) groups is 2. The van der Waals surface area contributed by atoms with Crippen molar-refractivity contribution in [3.8, 4) is 0 Å². The van der Waals surface area contributed by atoms with Crippen molar-refractivity contribution >= 4 is 27.7 Å². The Kier molecular flexibility index (Phi) is 6.36. The largest absolute Gasteiger partial charge is 0.352 e. The second kappa shape index (κ2) is 8.27. The van der Waals surface area contributed by atoms with E-state index in [2.05, 4.69) is 21.2 Å². The molecule has 0 aliphatic carbocycles. The smallest absolute Gasteiger partial charge is 0.254 e. The molecule has 6 heteroatoms. The fourth-order valence-electron chi connectivity index (χ4n) is 2.51. The lowest BCUT2D eigenvalue weighted by Crippen LogP contribution is -2.34. The number of amides is 2. The minimum Gasteiger partial charge on any atom is -0.352 e. The summed E-state index contributed by atoms with van der Waals surface area (Å²) < 4.78 is 14.2. The lowest BCUT2D eigenvalue weighted by molar-refractivity contribution is -0.130. The van der Waals surface area contributed by atoms with E-state index in [4.69, 9.17) is 0 Å². The van der Waals surface area contributed by atoms with E-state index < -0.39 is 11.7 Å². The topological polar surface area (TPSA) is 49.4 Å². The standard InChI is InChI=1S/C16H20BrFN2O2/c17-12-6-7-14(18)13(11-12)16(22)19-8-4-10-20-9-3-1-2-5-15(20)21/h6-7,11H,1-5,8-10H2,(H,19,22). The van der Waals surface area contributed by atoms with Gasteiger partial charge in [0.2, 0.25) is 5.91 Å². The molecular formula is C16H20BrFN2O2. The fourth-order valence-corrected chi connectivity index (χ4v) is 2.87. The highest BCUT2D eigenvalue weighted by Crippen LogP contribution is 2.15. The van der Waals surface area contributed by atoms with Gasteiger partial charge in [0.1, 0.15) is 5.82 Å². The van der Waals surface area contributed by atoms with Gasteiger partial charge in [-0.2, -0.15) is 0 Å². The van der Waals surface area contributed by atoms with Crippen LogP contribution in [0.2, 0.25) is 0 Å². The zero-order valence-electron chi connectivity index (χ0n) is 12.4. The molecule has 0 spiro atoms. The molecule has 0 radical (unpaired) electrons. The zero-order chi connectivity index (χ0) is 15.9. The minimum atomic E-state index is -0.539. The van der Waals surface area contributed by atoms with E-state index in [1.54, 1.807) is 6.07 Å². The number of benzene rings is 1. The molecule has 1 N–H and O–H groups in total. The summed E-state index contributed by atoms with van der Waals surface area (Å²) in [5.74, 6) is -0.772. The van der Waals surface area contributed by atoms with E-state index in [0.29, 0.717) is 30.4 Å². The maximum atomic E-state index is 13.6. The number of hydrogen-bond acceptors (Lipinski definition) is 2. The summed E-state index contributed by atoms with van der Waals surface area (Å²) in [4.78, 5) is 25.6. The zero-order valence-corrected chi connectivity index (χ0v) is 14.0. The molecular weight excluding hydrogens is 351 g/mol. The molecule has 1 fully saturated rings. The van der Waals surface area contributed by atoms with Crippen molar-refractivity contribution in [2.24, 2.45) is 0 Å². The lowest BCUT2D eigenvalue weighted by Gasteiger charge is -2.20. The van der Waals surface area contributed by atoms with E-state index in [0.717, 1.165) is 25.8 Å². The normalized spacial score (nSPS) is 15.5. The van der Waals surface area contributed by atoms with Crippen LogP contribution in [-0.4, -0.2) is 36.3 Å². The Hall–Kier alpha value is -1.43. The van der Waals surface area contributed by atoms with Crippen LogP contribution in [0.1, 0.15) is 42.5 Å². The molecule has 1 aliphatic rings. The number of hydrogen-bond donors (Lipinski definition) is 1. The molecule has 0 unspecified atom stereocenters. The van der Waals surface area contributed by atoms with Crippen LogP contribution >= 0.6 is 15.9 Å². The summed E-state index contributed by atoms with van der Waals surface area (Å²) in [7, 11) is 0. The predicted molar refractivity (Wildman–Crippen MR) is 86.1 cm³/mol. The third-order valence-corrected chi connectivity index (χ3v) is 4.23. The van der Waals surface area contributed by atoms with Crippen molar-refractivity contribution in [1.29, 1.82) is 0 Å². The monoisotopic (exact) mass is 370 g/mol. The molecule has 1 aromatic carbocycles. The van der Waals surface area contributed by atoms with Gasteiger partial charge in [0.05, 0.1) is 5.56 Å². The Balaban J connectivity index is 1.77. The van der Waals surface area contributed by atoms with Gasteiger partial charge in [-0.1, -0.05) is 22.4 Å². The highest BCUT2D eigenvalue weighted by molar-refractivity contribution is 9.10. The van der Waals surface area contributed by atoms with Gasteiger partial charge in [-0.05, 0) is 37.5 Å². The van der Waals surface area contributed by atoms with Gasteiger partial charge >= 0.3 is 0 Å². The molecule has 0 bridgehead atoms. The van der Waals surface area contributed by atoms with Crippen LogP contribution in [0, 0.1) is 5.82 Å². The Bertz CT molecular complexity index is 551. The molecule has 2 amide bonds. The molecule has 120 valence electrons. The first kappa shape index (κ1) is 16.9. The SMILES string of the molecule is O=C(NCCCN1CCCCCC1=O)c1cc(Br)ccc1F. The summed E-state index contributed by atoms with van der Waals surface area (Å²) in [5.41, 5.74) is 0.0280. The number of halogens is 2. The van der Waals surface area contributed by atoms with Gasteiger partial charge in [0, 0.05) is 30.5 Å². The van der Waals surface area contributed by atoms with Crippen LogP contribution in [0.5, 0.6) is 0 Å². The number of nitrogens with one attached hydrogen (secondary N) is 1. The first-order valence-corrected chi connectivity index (χ1v) is 8.38. The van der Waals surface area contributed by atoms with Crippen LogP contribution in [0.15, 0.2) is 22.7 Å². The van der Waals surface area contributed by atoms with Gasteiger partial charge < -0.3 is 10.2 Å². The fraction of sp³-hybridized carbons (Fsp3) is 0.500. The number of likely N-dealkylation sites (tertiary alicyclic amines) is 1. The van der Waals surface area contributed by atoms with Crippen molar-refractivity contribution in [3.05, 3.63) is 34.1 Å². The van der Waals surface area contributed by atoms with Crippen molar-refractivity contribution in [1.82, 2.24) is 10.2 Å². The highest BCUT2D eigenvalue weighted by Gasteiger charge is 2.16. The van der Waals surface area contributed by atoms with Crippen LogP contribution < -0.4 is 5.32 Å². The summed E-state index contributed by atoms with van der Waals surface area (Å²) in [6.45, 7) is 1.86. The third-order valence-electron chi connectivity index (χ3n) is 3.73. The average Bonchev–Trinajstić information content (AvgIpc) is 2.70. The summed E-state index contributed by atoms with van der Waals surface area (Å²) in [6, 6.07) is 4.27. The third kappa shape index (κ3) is 4.80. The van der Waals surface area contributed by atoms with E-state index in [-0.39, 0.29) is 11.5 Å². The number of nitrogens with zero attached hydrogens (tertiary/aromatic N) is 1. The van der Waals surface area contributed by atoms with Crippen molar-refractivity contribution in [2.75, 3.05) is 19.6 Å². The highest BCUT2D eigenvalue weighted by atomic mass is 79.9. The van der Waals surface area contributed by atoms with Gasteiger partial charge in [0.25, 0.3) is 5.91 Å². The molecule has 0 atom stereocenters. The first-order chi connectivity index (χ1) is 10.6. The van der Waals surface area contributed by atoms with Crippen molar-refractivity contribution in [3.63, 3.8) is 0 Å². The van der Waals surface area contributed by atoms with E-state index in [1.807, 2.05) is 4.90 Å². The van der Waals surface area contributed by atoms with Gasteiger partial charge in [0.15, 0.2) is 0 Å². The van der Waals surface area contributed by atoms with Crippen LogP contribution in [0.3, 0.4) is 0 Å². The van der Waals surface area contributed by atoms with Crippen LogP contribution in [0.4, 0.5) is 4.39 Å². The summed E-state index contributed by atoms with van der Waals surface area (Å²) >= 11 is 3.22. The Labute approximate surface area is 138 Å². The van der Waals surface area contributed by atoms with Crippen molar-refractivity contribution < 1.29 is 14.0 Å². The van der Waals surface area contributed by atoms with Gasteiger partial charge in [-0.3, -0.25) is 9.59 Å². The number of carbonyl (C=O) groups excluding carboxylic acids is 2. The molecule has 4 nitrogen and oxygen atoms in total. The van der Waals surface area contributed by atoms with Crippen LogP contribution in [0.25, 0.3) is 0 Å². The summed E-state index contributed by atoms with van der Waals surface area (Å²) in [5, 5.41) is 2.70. The molecule has 1 saturated heterocycles. The molecule has 22 heavy (non-hydrogen) atoms. The quantitative estimate of drug-likeness (QED) is 0.809. The molecule has 1 aliphatic heterocycles. The van der Waals surface area contributed by atoms with E-state index >= 15 is 0 Å². The lowest BCUT2D eigenvalue weighted by atomic mass is 10.2. The van der Waals surface area contributed by atoms with Crippen LogP contribution in [-0.2, 0) is 4.79 Å². The minimum absolute atomic E-state index is 0.0280. The Morgan fingerprint density at radius 3 is 2.95 bits per heavy atom. The number of rotatable bonds is 5.